The number of likely N-dealkylation sites (N-methyl/N-ethyl adjacent to an activating group) is 1. The van der Waals surface area contributed by atoms with Gasteiger partial charge in [0.25, 0.3) is 0 Å². The molecule has 76 valence electrons. The second-order valence-electron chi connectivity index (χ2n) is 2.67. The van der Waals surface area contributed by atoms with Crippen LogP contribution in [0, 0.1) is 0 Å². The molecule has 13 heavy (non-hydrogen) atoms. The monoisotopic (exact) mass is 204 g/mol. The Kier molecular flexibility index (Phi) is 6.62. The van der Waals surface area contributed by atoms with Gasteiger partial charge in [-0.2, -0.15) is 11.8 Å². The third-order valence-corrected chi connectivity index (χ3v) is 2.22. The summed E-state index contributed by atoms with van der Waals surface area (Å²) in [5.74, 6) is 0.343. The van der Waals surface area contributed by atoms with Crippen LogP contribution in [0.4, 0.5) is 0 Å². The Labute approximate surface area is 82.8 Å². The molecule has 0 aromatic carbocycles. The molecule has 0 aliphatic heterocycles. The second-order valence-corrected chi connectivity index (χ2v) is 3.65. The topological polar surface area (TPSA) is 58.2 Å². The number of amides is 2. The van der Waals surface area contributed by atoms with Gasteiger partial charge >= 0.3 is 0 Å². The Morgan fingerprint density at radius 3 is 2.46 bits per heavy atom. The summed E-state index contributed by atoms with van der Waals surface area (Å²) in [5.41, 5.74) is 0. The molecule has 0 unspecified atom stereocenters. The predicted octanol–water partition coefficient (Wildman–Crippen LogP) is -0.00980. The molecule has 0 aromatic rings. The Morgan fingerprint density at radius 1 is 1.46 bits per heavy atom. The first-order chi connectivity index (χ1) is 6.11. The van der Waals surface area contributed by atoms with Crippen molar-refractivity contribution < 1.29 is 9.59 Å². The van der Waals surface area contributed by atoms with Gasteiger partial charge in [-0.3, -0.25) is 14.9 Å². The van der Waals surface area contributed by atoms with Crippen LogP contribution in [0.15, 0.2) is 0 Å². The number of nitrogens with one attached hydrogen (secondary N) is 2. The van der Waals surface area contributed by atoms with Crippen molar-refractivity contribution in [3.63, 3.8) is 0 Å². The molecule has 0 fully saturated rings. The van der Waals surface area contributed by atoms with Crippen LogP contribution in [0.1, 0.15) is 13.3 Å². The van der Waals surface area contributed by atoms with Gasteiger partial charge < -0.3 is 5.32 Å². The van der Waals surface area contributed by atoms with Crippen LogP contribution in [0.3, 0.4) is 0 Å². The molecule has 0 spiro atoms. The van der Waals surface area contributed by atoms with Gasteiger partial charge in [0, 0.05) is 6.92 Å². The minimum absolute atomic E-state index is 0.246. The summed E-state index contributed by atoms with van der Waals surface area (Å²) in [5, 5.41) is 5.12. The van der Waals surface area contributed by atoms with Gasteiger partial charge in [0.2, 0.25) is 11.8 Å². The lowest BCUT2D eigenvalue weighted by molar-refractivity contribution is -0.130. The van der Waals surface area contributed by atoms with E-state index in [9.17, 15) is 9.59 Å². The van der Waals surface area contributed by atoms with Crippen LogP contribution in [-0.4, -0.2) is 36.9 Å². The molecule has 0 aliphatic carbocycles. The lowest BCUT2D eigenvalue weighted by Crippen LogP contribution is -2.44. The zero-order valence-electron chi connectivity index (χ0n) is 8.22. The normalized spacial score (nSPS) is 12.2. The number of carbonyl (C=O) groups excluding carboxylic acids is 2. The predicted molar refractivity (Wildman–Crippen MR) is 54.7 cm³/mol. The van der Waals surface area contributed by atoms with E-state index in [-0.39, 0.29) is 17.9 Å². The summed E-state index contributed by atoms with van der Waals surface area (Å²) < 4.78 is 0. The maximum Gasteiger partial charge on any atom is 0.243 e. The Morgan fingerprint density at radius 2 is 2.08 bits per heavy atom. The fourth-order valence-electron chi connectivity index (χ4n) is 0.903. The van der Waals surface area contributed by atoms with E-state index in [2.05, 4.69) is 10.6 Å². The zero-order valence-corrected chi connectivity index (χ0v) is 9.03. The van der Waals surface area contributed by atoms with E-state index in [0.29, 0.717) is 0 Å². The first-order valence-corrected chi connectivity index (χ1v) is 5.48. The fraction of sp³-hybridized carbons (Fsp3) is 0.750. The van der Waals surface area contributed by atoms with Crippen LogP contribution >= 0.6 is 11.8 Å². The highest BCUT2D eigenvalue weighted by Gasteiger charge is 2.16. The zero-order chi connectivity index (χ0) is 10.3. The van der Waals surface area contributed by atoms with Crippen LogP contribution in [0.25, 0.3) is 0 Å². The Balaban J connectivity index is 3.91. The fourth-order valence-corrected chi connectivity index (χ4v) is 1.37. The van der Waals surface area contributed by atoms with Gasteiger partial charge in [-0.25, -0.2) is 0 Å². The van der Waals surface area contributed by atoms with E-state index in [0.717, 1.165) is 12.2 Å². The molecule has 5 heteroatoms. The minimum Gasteiger partial charge on any atom is -0.309 e. The lowest BCUT2D eigenvalue weighted by Gasteiger charge is -2.13. The second kappa shape index (κ2) is 6.91. The van der Waals surface area contributed by atoms with Crippen molar-refractivity contribution in [1.82, 2.24) is 10.6 Å². The van der Waals surface area contributed by atoms with Gasteiger partial charge in [-0.15, -0.1) is 0 Å². The quantitative estimate of drug-likeness (QED) is 0.661. The van der Waals surface area contributed by atoms with Crippen molar-refractivity contribution in [2.24, 2.45) is 0 Å². The molecule has 0 saturated heterocycles. The highest BCUT2D eigenvalue weighted by atomic mass is 32.2. The van der Waals surface area contributed by atoms with Crippen molar-refractivity contribution in [2.45, 2.75) is 19.4 Å². The summed E-state index contributed by atoms with van der Waals surface area (Å²) >= 11 is 1.68. The van der Waals surface area contributed by atoms with Crippen molar-refractivity contribution >= 4 is 23.6 Å². The van der Waals surface area contributed by atoms with E-state index in [1.165, 1.54) is 6.92 Å². The number of imide groups is 1. The van der Waals surface area contributed by atoms with Gasteiger partial charge in [0.05, 0.1) is 6.04 Å². The first-order valence-electron chi connectivity index (χ1n) is 4.09. The van der Waals surface area contributed by atoms with E-state index < -0.39 is 0 Å². The molecular formula is C8H16N2O2S. The lowest BCUT2D eigenvalue weighted by atomic mass is 10.2. The van der Waals surface area contributed by atoms with Crippen LogP contribution in [-0.2, 0) is 9.59 Å². The highest BCUT2D eigenvalue weighted by Crippen LogP contribution is 2.00. The molecule has 0 saturated carbocycles. The number of carbonyl (C=O) groups is 2. The maximum absolute atomic E-state index is 11.3. The molecule has 0 heterocycles. The average Bonchev–Trinajstić information content (AvgIpc) is 2.04. The van der Waals surface area contributed by atoms with Crippen molar-refractivity contribution in [2.75, 3.05) is 19.1 Å². The molecule has 0 aromatic heterocycles. The van der Waals surface area contributed by atoms with Crippen LogP contribution in [0.5, 0.6) is 0 Å². The Hall–Kier alpha value is -0.550. The number of hydrogen-bond acceptors (Lipinski definition) is 4. The summed E-state index contributed by atoms with van der Waals surface area (Å²) in [4.78, 5) is 21.9. The average molecular weight is 204 g/mol. The SMILES string of the molecule is CN[C@@H](CCSC)C(=O)NC(C)=O. The summed E-state index contributed by atoms with van der Waals surface area (Å²) in [6, 6.07) is -0.267. The van der Waals surface area contributed by atoms with Gasteiger partial charge in [-0.1, -0.05) is 0 Å². The molecule has 0 radical (unpaired) electrons. The molecule has 2 amide bonds. The molecule has 1 atom stereocenters. The number of thioether (sulfide) groups is 1. The van der Waals surface area contributed by atoms with Crippen LogP contribution < -0.4 is 10.6 Å². The third kappa shape index (κ3) is 5.65. The summed E-state index contributed by atoms with van der Waals surface area (Å²) in [6.07, 6.45) is 2.71. The van der Waals surface area contributed by atoms with Gasteiger partial charge in [0.1, 0.15) is 0 Å². The largest absolute Gasteiger partial charge is 0.309 e. The van der Waals surface area contributed by atoms with E-state index in [1.54, 1.807) is 18.8 Å². The summed E-state index contributed by atoms with van der Waals surface area (Å²) in [7, 11) is 1.71. The molecule has 4 nitrogen and oxygen atoms in total. The highest BCUT2D eigenvalue weighted by molar-refractivity contribution is 7.98. The van der Waals surface area contributed by atoms with E-state index in [4.69, 9.17) is 0 Å². The Bertz CT molecular complexity index is 185. The van der Waals surface area contributed by atoms with Crippen molar-refractivity contribution in [3.05, 3.63) is 0 Å². The van der Waals surface area contributed by atoms with E-state index in [1.807, 2.05) is 6.26 Å². The summed E-state index contributed by atoms with van der Waals surface area (Å²) in [6.45, 7) is 1.33. The van der Waals surface area contributed by atoms with Crippen molar-refractivity contribution in [1.29, 1.82) is 0 Å². The maximum atomic E-state index is 11.3. The third-order valence-electron chi connectivity index (χ3n) is 1.57. The number of hydrogen-bond donors (Lipinski definition) is 2. The molecular weight excluding hydrogens is 188 g/mol. The van der Waals surface area contributed by atoms with Crippen LogP contribution in [0.2, 0.25) is 0 Å². The van der Waals surface area contributed by atoms with E-state index >= 15 is 0 Å². The first kappa shape index (κ1) is 12.4. The molecule has 0 rings (SSSR count). The molecule has 0 aliphatic rings. The smallest absolute Gasteiger partial charge is 0.243 e. The number of rotatable bonds is 5. The molecule has 0 bridgehead atoms. The van der Waals surface area contributed by atoms with Crippen molar-refractivity contribution in [3.8, 4) is 0 Å². The van der Waals surface area contributed by atoms with Gasteiger partial charge in [-0.05, 0) is 25.5 Å². The van der Waals surface area contributed by atoms with Gasteiger partial charge in [0.15, 0.2) is 0 Å². The molecule has 2 N–H and O–H groups in total. The standard InChI is InChI=1S/C8H16N2O2S/c1-6(11)10-8(12)7(9-2)4-5-13-3/h7,9H,4-5H2,1-3H3,(H,10,11,12)/t7-/m0/s1. The minimum atomic E-state index is -0.311.